The van der Waals surface area contributed by atoms with Crippen LogP contribution in [0.4, 0.5) is 0 Å². The lowest BCUT2D eigenvalue weighted by molar-refractivity contribution is 0.0690. The smallest absolute Gasteiger partial charge is 0.354 e. The summed E-state index contributed by atoms with van der Waals surface area (Å²) in [6.07, 6.45) is 0. The fourth-order valence-corrected chi connectivity index (χ4v) is 2.15. The van der Waals surface area contributed by atoms with E-state index in [9.17, 15) is 4.79 Å². The van der Waals surface area contributed by atoms with Crippen LogP contribution in [0.2, 0.25) is 0 Å². The Morgan fingerprint density at radius 3 is 2.90 bits per heavy atom. The number of ether oxygens (including phenoxy) is 2. The Kier molecular flexibility index (Phi) is 3.70. The molecule has 0 atom stereocenters. The summed E-state index contributed by atoms with van der Waals surface area (Å²) in [5.74, 6) is 0.487. The molecule has 0 aliphatic carbocycles. The second-order valence-corrected chi connectivity index (χ2v) is 4.57. The van der Waals surface area contributed by atoms with E-state index in [0.717, 1.165) is 17.1 Å². The van der Waals surface area contributed by atoms with Crippen molar-refractivity contribution in [2.45, 2.75) is 13.1 Å². The molecule has 0 fully saturated rings. The van der Waals surface area contributed by atoms with Gasteiger partial charge in [-0.2, -0.15) is 0 Å². The van der Waals surface area contributed by atoms with E-state index >= 15 is 0 Å². The van der Waals surface area contributed by atoms with Gasteiger partial charge in [0, 0.05) is 18.7 Å². The summed E-state index contributed by atoms with van der Waals surface area (Å²) in [6.45, 7) is 1.31. The molecule has 0 radical (unpaired) electrons. The molecule has 0 saturated heterocycles. The summed E-state index contributed by atoms with van der Waals surface area (Å²) in [5, 5.41) is 12.1. The van der Waals surface area contributed by atoms with Crippen LogP contribution in [0.25, 0.3) is 0 Å². The molecule has 2 heterocycles. The maximum absolute atomic E-state index is 10.9. The van der Waals surface area contributed by atoms with Gasteiger partial charge in [0.25, 0.3) is 0 Å². The summed E-state index contributed by atoms with van der Waals surface area (Å²) in [4.78, 5) is 14.9. The van der Waals surface area contributed by atoms with Crippen molar-refractivity contribution in [2.75, 3.05) is 6.79 Å². The van der Waals surface area contributed by atoms with Gasteiger partial charge in [0.05, 0.1) is 5.69 Å². The van der Waals surface area contributed by atoms with Crippen LogP contribution in [0, 0.1) is 0 Å². The van der Waals surface area contributed by atoms with Crippen LogP contribution in [-0.4, -0.2) is 22.9 Å². The lowest BCUT2D eigenvalue weighted by atomic mass is 10.2. The minimum Gasteiger partial charge on any atom is -0.477 e. The van der Waals surface area contributed by atoms with Crippen molar-refractivity contribution in [3.8, 4) is 11.5 Å². The van der Waals surface area contributed by atoms with Crippen molar-refractivity contribution in [2.24, 2.45) is 0 Å². The lowest BCUT2D eigenvalue weighted by Gasteiger charge is -2.07. The Morgan fingerprint density at radius 2 is 2.05 bits per heavy atom. The molecular weight excluding hydrogens is 272 g/mol. The predicted molar refractivity (Wildman–Crippen MR) is 74.3 cm³/mol. The van der Waals surface area contributed by atoms with Gasteiger partial charge in [0.2, 0.25) is 6.79 Å². The van der Waals surface area contributed by atoms with Crippen LogP contribution in [-0.2, 0) is 13.1 Å². The molecule has 1 aromatic heterocycles. The van der Waals surface area contributed by atoms with E-state index in [0.29, 0.717) is 18.8 Å². The maximum atomic E-state index is 10.9. The molecule has 1 aromatic carbocycles. The van der Waals surface area contributed by atoms with Crippen molar-refractivity contribution < 1.29 is 19.4 Å². The summed E-state index contributed by atoms with van der Waals surface area (Å²) in [6, 6.07) is 10.7. The molecule has 108 valence electrons. The maximum Gasteiger partial charge on any atom is 0.354 e. The van der Waals surface area contributed by atoms with Crippen LogP contribution < -0.4 is 14.8 Å². The number of hydrogen-bond acceptors (Lipinski definition) is 5. The van der Waals surface area contributed by atoms with Gasteiger partial charge in [-0.25, -0.2) is 9.78 Å². The van der Waals surface area contributed by atoms with E-state index in [1.807, 2.05) is 18.2 Å². The lowest BCUT2D eigenvalue weighted by Crippen LogP contribution is -2.15. The number of nitrogens with one attached hydrogen (secondary N) is 1. The zero-order chi connectivity index (χ0) is 14.7. The standard InChI is InChI=1S/C15H14N2O4/c18-15(19)12-5-2-4-11(17-12)8-16-7-10-3-1-6-13-14(10)21-9-20-13/h1-6,16H,7-9H2,(H,18,19). The molecule has 0 saturated carbocycles. The molecule has 0 bridgehead atoms. The first-order valence-electron chi connectivity index (χ1n) is 6.51. The van der Waals surface area contributed by atoms with E-state index in [1.54, 1.807) is 12.1 Å². The van der Waals surface area contributed by atoms with Crippen LogP contribution >= 0.6 is 0 Å². The molecule has 1 aliphatic heterocycles. The average Bonchev–Trinajstić information content (AvgIpc) is 2.97. The number of nitrogens with zero attached hydrogens (tertiary/aromatic N) is 1. The Hall–Kier alpha value is -2.60. The molecule has 6 heteroatoms. The number of aromatic carboxylic acids is 1. The van der Waals surface area contributed by atoms with Crippen molar-refractivity contribution >= 4 is 5.97 Å². The summed E-state index contributed by atoms with van der Waals surface area (Å²) in [7, 11) is 0. The number of para-hydroxylation sites is 1. The normalized spacial score (nSPS) is 12.4. The minimum atomic E-state index is -1.02. The number of hydrogen-bond donors (Lipinski definition) is 2. The molecule has 0 unspecified atom stereocenters. The second-order valence-electron chi connectivity index (χ2n) is 4.57. The van der Waals surface area contributed by atoms with Crippen molar-refractivity contribution in [3.05, 3.63) is 53.3 Å². The van der Waals surface area contributed by atoms with E-state index in [4.69, 9.17) is 14.6 Å². The first kappa shape index (κ1) is 13.4. The number of carboxylic acids is 1. The highest BCUT2D eigenvalue weighted by Gasteiger charge is 2.16. The highest BCUT2D eigenvalue weighted by molar-refractivity contribution is 5.85. The molecule has 3 rings (SSSR count). The number of fused-ring (bicyclic) bond motifs is 1. The third-order valence-electron chi connectivity index (χ3n) is 3.13. The number of benzene rings is 1. The average molecular weight is 286 g/mol. The third kappa shape index (κ3) is 2.95. The molecule has 1 aliphatic rings. The molecule has 6 nitrogen and oxygen atoms in total. The number of carbonyl (C=O) groups is 1. The van der Waals surface area contributed by atoms with E-state index in [-0.39, 0.29) is 12.5 Å². The summed E-state index contributed by atoms with van der Waals surface area (Å²) in [5.41, 5.74) is 1.73. The van der Waals surface area contributed by atoms with Crippen molar-refractivity contribution in [1.82, 2.24) is 10.3 Å². The van der Waals surface area contributed by atoms with E-state index in [2.05, 4.69) is 10.3 Å². The van der Waals surface area contributed by atoms with Gasteiger partial charge in [-0.15, -0.1) is 0 Å². The fourth-order valence-electron chi connectivity index (χ4n) is 2.15. The van der Waals surface area contributed by atoms with Gasteiger partial charge in [-0.1, -0.05) is 18.2 Å². The van der Waals surface area contributed by atoms with Crippen LogP contribution in [0.5, 0.6) is 11.5 Å². The summed E-state index contributed by atoms with van der Waals surface area (Å²) >= 11 is 0. The summed E-state index contributed by atoms with van der Waals surface area (Å²) < 4.78 is 10.7. The zero-order valence-electron chi connectivity index (χ0n) is 11.2. The Bertz CT molecular complexity index is 672. The number of rotatable bonds is 5. The van der Waals surface area contributed by atoms with Crippen molar-refractivity contribution in [3.63, 3.8) is 0 Å². The quantitative estimate of drug-likeness (QED) is 0.872. The number of pyridine rings is 1. The molecular formula is C15H14N2O4. The van der Waals surface area contributed by atoms with Gasteiger partial charge in [-0.05, 0) is 18.2 Å². The fraction of sp³-hybridized carbons (Fsp3) is 0.200. The molecule has 21 heavy (non-hydrogen) atoms. The monoisotopic (exact) mass is 286 g/mol. The first-order chi connectivity index (χ1) is 10.2. The van der Waals surface area contributed by atoms with Gasteiger partial charge >= 0.3 is 5.97 Å². The molecule has 0 spiro atoms. The molecule has 2 N–H and O–H groups in total. The Morgan fingerprint density at radius 1 is 1.19 bits per heavy atom. The van der Waals surface area contributed by atoms with Crippen LogP contribution in [0.15, 0.2) is 36.4 Å². The van der Waals surface area contributed by atoms with Crippen LogP contribution in [0.3, 0.4) is 0 Å². The third-order valence-corrected chi connectivity index (χ3v) is 3.13. The zero-order valence-corrected chi connectivity index (χ0v) is 11.2. The van der Waals surface area contributed by atoms with E-state index < -0.39 is 5.97 Å². The van der Waals surface area contributed by atoms with E-state index in [1.165, 1.54) is 6.07 Å². The minimum absolute atomic E-state index is 0.0478. The van der Waals surface area contributed by atoms with Gasteiger partial charge in [0.15, 0.2) is 11.5 Å². The van der Waals surface area contributed by atoms with Gasteiger partial charge in [0.1, 0.15) is 5.69 Å². The predicted octanol–water partition coefficient (Wildman–Crippen LogP) is 1.80. The van der Waals surface area contributed by atoms with Crippen LogP contribution in [0.1, 0.15) is 21.7 Å². The Balaban J connectivity index is 1.63. The highest BCUT2D eigenvalue weighted by Crippen LogP contribution is 2.35. The number of carboxylic acid groups (broad SMARTS) is 1. The van der Waals surface area contributed by atoms with Crippen molar-refractivity contribution in [1.29, 1.82) is 0 Å². The first-order valence-corrected chi connectivity index (χ1v) is 6.51. The molecule has 0 amide bonds. The second kappa shape index (κ2) is 5.80. The van der Waals surface area contributed by atoms with Gasteiger partial charge < -0.3 is 19.9 Å². The SMILES string of the molecule is O=C(O)c1cccc(CNCc2cccc3c2OCO3)n1. The van der Waals surface area contributed by atoms with Gasteiger partial charge in [-0.3, -0.25) is 0 Å². The topological polar surface area (TPSA) is 80.7 Å². The molecule has 2 aromatic rings. The number of aromatic nitrogens is 1. The Labute approximate surface area is 121 Å². The largest absolute Gasteiger partial charge is 0.477 e. The highest BCUT2D eigenvalue weighted by atomic mass is 16.7.